The molecule has 8 nitrogen and oxygen atoms in total. The van der Waals surface area contributed by atoms with Crippen LogP contribution in [0.2, 0.25) is 0 Å². The van der Waals surface area contributed by atoms with Gasteiger partial charge in [0.2, 0.25) is 15.9 Å². The van der Waals surface area contributed by atoms with Gasteiger partial charge in [0, 0.05) is 45.2 Å². The summed E-state index contributed by atoms with van der Waals surface area (Å²) in [4.78, 5) is 28.0. The summed E-state index contributed by atoms with van der Waals surface area (Å²) in [5, 5.41) is 9.71. The minimum absolute atomic E-state index is 0.000236. The Hall–Kier alpha value is -1.19. The molecule has 0 aromatic heterocycles. The number of hydrogen-bond acceptors (Lipinski definition) is 5. The Balaban J connectivity index is 1.67. The Morgan fingerprint density at radius 1 is 1.12 bits per heavy atom. The molecule has 24 heavy (non-hydrogen) atoms. The zero-order valence-corrected chi connectivity index (χ0v) is 14.8. The first kappa shape index (κ1) is 17.6. The number of aliphatic carboxylic acids is 1. The zero-order chi connectivity index (χ0) is 17.5. The van der Waals surface area contributed by atoms with E-state index in [2.05, 4.69) is 0 Å². The first-order valence-corrected chi connectivity index (χ1v) is 10.3. The molecule has 136 valence electrons. The summed E-state index contributed by atoms with van der Waals surface area (Å²) >= 11 is 0. The first-order valence-electron chi connectivity index (χ1n) is 8.41. The number of sulfonamides is 1. The van der Waals surface area contributed by atoms with Gasteiger partial charge in [0.1, 0.15) is 0 Å². The van der Waals surface area contributed by atoms with E-state index in [0.717, 1.165) is 38.6 Å². The van der Waals surface area contributed by atoms with Crippen LogP contribution in [0.5, 0.6) is 0 Å². The van der Waals surface area contributed by atoms with E-state index in [1.54, 1.807) is 0 Å². The summed E-state index contributed by atoms with van der Waals surface area (Å²) in [5.41, 5.74) is -1.09. The van der Waals surface area contributed by atoms with Gasteiger partial charge < -0.3 is 10.0 Å². The van der Waals surface area contributed by atoms with E-state index in [9.17, 15) is 23.1 Å². The monoisotopic (exact) mass is 359 g/mol. The summed E-state index contributed by atoms with van der Waals surface area (Å²) in [6.07, 6.45) is 4.31. The van der Waals surface area contributed by atoms with Crippen molar-refractivity contribution in [2.24, 2.45) is 11.3 Å². The number of carboxylic acid groups (broad SMARTS) is 1. The molecule has 0 unspecified atom stereocenters. The average Bonchev–Trinajstić information content (AvgIpc) is 3.02. The van der Waals surface area contributed by atoms with Gasteiger partial charge in [-0.25, -0.2) is 12.7 Å². The normalized spacial score (nSPS) is 32.0. The molecule has 1 N–H and O–H groups in total. The fraction of sp³-hybridized carbons (Fsp3) is 0.867. The molecule has 2 atom stereocenters. The van der Waals surface area contributed by atoms with Crippen molar-refractivity contribution in [3.05, 3.63) is 0 Å². The van der Waals surface area contributed by atoms with E-state index in [-0.39, 0.29) is 38.0 Å². The van der Waals surface area contributed by atoms with Crippen LogP contribution in [0, 0.1) is 11.3 Å². The first-order chi connectivity index (χ1) is 11.2. The number of hydrogen-bond donors (Lipinski definition) is 1. The van der Waals surface area contributed by atoms with Gasteiger partial charge >= 0.3 is 5.97 Å². The largest absolute Gasteiger partial charge is 0.481 e. The second-order valence-corrected chi connectivity index (χ2v) is 9.31. The maximum atomic E-state index is 12.4. The Labute approximate surface area is 142 Å². The van der Waals surface area contributed by atoms with Gasteiger partial charge in [-0.15, -0.1) is 0 Å². The number of piperidine rings is 1. The number of carboxylic acids is 1. The lowest BCUT2D eigenvalue weighted by molar-refractivity contribution is -0.149. The Bertz CT molecular complexity index is 631. The van der Waals surface area contributed by atoms with Crippen LogP contribution in [0.25, 0.3) is 0 Å². The van der Waals surface area contributed by atoms with Gasteiger partial charge in [-0.2, -0.15) is 0 Å². The van der Waals surface area contributed by atoms with Gasteiger partial charge in [-0.1, -0.05) is 0 Å². The molecule has 3 saturated heterocycles. The van der Waals surface area contributed by atoms with E-state index in [4.69, 9.17) is 0 Å². The predicted octanol–water partition coefficient (Wildman–Crippen LogP) is -0.723. The number of fused-ring (bicyclic) bond motifs is 1. The van der Waals surface area contributed by atoms with Crippen LogP contribution in [-0.4, -0.2) is 91.6 Å². The fourth-order valence-corrected chi connectivity index (χ4v) is 5.15. The van der Waals surface area contributed by atoms with Crippen molar-refractivity contribution in [1.82, 2.24) is 14.1 Å². The maximum absolute atomic E-state index is 12.4. The lowest BCUT2D eigenvalue weighted by atomic mass is 9.81. The molecule has 3 rings (SSSR count). The third kappa shape index (κ3) is 3.16. The average molecular weight is 359 g/mol. The van der Waals surface area contributed by atoms with Crippen molar-refractivity contribution in [2.45, 2.75) is 19.3 Å². The van der Waals surface area contributed by atoms with E-state index in [1.165, 1.54) is 4.31 Å². The smallest absolute Gasteiger partial charge is 0.312 e. The molecule has 3 aliphatic heterocycles. The van der Waals surface area contributed by atoms with Crippen LogP contribution in [0.15, 0.2) is 0 Å². The highest BCUT2D eigenvalue weighted by molar-refractivity contribution is 7.88. The number of likely N-dealkylation sites (tertiary alicyclic amines) is 2. The Morgan fingerprint density at radius 3 is 2.33 bits per heavy atom. The number of nitrogens with zero attached hydrogens (tertiary/aromatic N) is 3. The molecule has 3 heterocycles. The van der Waals surface area contributed by atoms with Crippen molar-refractivity contribution < 1.29 is 23.1 Å². The summed E-state index contributed by atoms with van der Waals surface area (Å²) in [5.74, 6) is -1.18. The lowest BCUT2D eigenvalue weighted by Gasteiger charge is -2.29. The zero-order valence-electron chi connectivity index (χ0n) is 14.0. The highest BCUT2D eigenvalue weighted by Crippen LogP contribution is 2.43. The molecule has 0 aliphatic carbocycles. The molecule has 0 spiro atoms. The van der Waals surface area contributed by atoms with E-state index in [0.29, 0.717) is 6.54 Å². The molecule has 3 aliphatic rings. The fourth-order valence-electron chi connectivity index (χ4n) is 4.23. The molecule has 0 saturated carbocycles. The van der Waals surface area contributed by atoms with Gasteiger partial charge in [0.25, 0.3) is 0 Å². The third-order valence-corrected chi connectivity index (χ3v) is 6.83. The lowest BCUT2D eigenvalue weighted by Crippen LogP contribution is -2.45. The molecule has 0 bridgehead atoms. The second kappa shape index (κ2) is 6.27. The van der Waals surface area contributed by atoms with Gasteiger partial charge in [0.15, 0.2) is 0 Å². The molecule has 0 aromatic rings. The molecule has 0 aromatic carbocycles. The number of carbonyl (C=O) groups excluding carboxylic acids is 1. The van der Waals surface area contributed by atoms with Crippen molar-refractivity contribution in [2.75, 3.05) is 52.1 Å². The van der Waals surface area contributed by atoms with Gasteiger partial charge in [-0.05, 0) is 19.3 Å². The van der Waals surface area contributed by atoms with Crippen LogP contribution >= 0.6 is 0 Å². The molecule has 1 amide bonds. The summed E-state index contributed by atoms with van der Waals surface area (Å²) in [6.45, 7) is 2.70. The summed E-state index contributed by atoms with van der Waals surface area (Å²) in [6, 6.07) is 0. The topological polar surface area (TPSA) is 98.2 Å². The molecule has 0 radical (unpaired) electrons. The second-order valence-electron chi connectivity index (χ2n) is 7.32. The third-order valence-electron chi connectivity index (χ3n) is 5.61. The van der Waals surface area contributed by atoms with E-state index >= 15 is 0 Å². The Morgan fingerprint density at radius 2 is 1.79 bits per heavy atom. The van der Waals surface area contributed by atoms with Crippen LogP contribution in [0.3, 0.4) is 0 Å². The minimum atomic E-state index is -3.40. The number of rotatable bonds is 4. The summed E-state index contributed by atoms with van der Waals surface area (Å²) in [7, 11) is -3.40. The van der Waals surface area contributed by atoms with Crippen LogP contribution < -0.4 is 0 Å². The summed E-state index contributed by atoms with van der Waals surface area (Å²) < 4.78 is 24.8. The van der Waals surface area contributed by atoms with E-state index in [1.807, 2.05) is 9.80 Å². The minimum Gasteiger partial charge on any atom is -0.481 e. The molecular formula is C15H25N3O5S. The van der Waals surface area contributed by atoms with Gasteiger partial charge in [-0.3, -0.25) is 14.5 Å². The van der Waals surface area contributed by atoms with Crippen LogP contribution in [-0.2, 0) is 19.6 Å². The number of amides is 1. The molecule has 9 heteroatoms. The highest BCUT2D eigenvalue weighted by Gasteiger charge is 2.59. The van der Waals surface area contributed by atoms with Crippen molar-refractivity contribution in [3.8, 4) is 0 Å². The SMILES string of the molecule is CS(=O)(=O)N1C[C@H]2CN(CC(=O)N3CCCCC3)C[C@@]2(C(=O)O)C1. The van der Waals surface area contributed by atoms with E-state index < -0.39 is 21.4 Å². The van der Waals surface area contributed by atoms with Gasteiger partial charge in [0.05, 0.1) is 18.2 Å². The van der Waals surface area contributed by atoms with Crippen molar-refractivity contribution >= 4 is 21.9 Å². The van der Waals surface area contributed by atoms with Crippen LogP contribution in [0.1, 0.15) is 19.3 Å². The molecular weight excluding hydrogens is 334 g/mol. The maximum Gasteiger partial charge on any atom is 0.312 e. The standard InChI is InChI=1S/C15H25N3O5S/c1-24(22,23)18-8-12-7-16(10-15(12,11-18)14(20)21)9-13(19)17-5-3-2-4-6-17/h12H,2-11H2,1H3,(H,20,21)/t12-,15-/m1/s1. The van der Waals surface area contributed by atoms with Crippen LogP contribution in [0.4, 0.5) is 0 Å². The van der Waals surface area contributed by atoms with Crippen molar-refractivity contribution in [1.29, 1.82) is 0 Å². The number of carbonyl (C=O) groups is 2. The Kier molecular flexibility index (Phi) is 4.61. The highest BCUT2D eigenvalue weighted by atomic mass is 32.2. The molecule has 3 fully saturated rings. The predicted molar refractivity (Wildman–Crippen MR) is 86.8 cm³/mol. The van der Waals surface area contributed by atoms with Crippen molar-refractivity contribution in [3.63, 3.8) is 0 Å². The quantitative estimate of drug-likeness (QED) is 0.711.